The van der Waals surface area contributed by atoms with E-state index in [0.29, 0.717) is 6.04 Å². The lowest BCUT2D eigenvalue weighted by Gasteiger charge is -2.39. The molecule has 0 aliphatic carbocycles. The topological polar surface area (TPSA) is 23.6 Å². The molecule has 0 radical (unpaired) electrons. The molecule has 0 amide bonds. The highest BCUT2D eigenvalue weighted by Gasteiger charge is 2.25. The van der Waals surface area contributed by atoms with Gasteiger partial charge in [0.1, 0.15) is 0 Å². The highest BCUT2D eigenvalue weighted by Crippen LogP contribution is 2.26. The van der Waals surface area contributed by atoms with Gasteiger partial charge in [-0.05, 0) is 37.0 Å². The summed E-state index contributed by atoms with van der Waals surface area (Å²) in [6, 6.07) is 8.37. The standard InChI is InChI=1S/C20H30N2O/c1-5-16(3)15-22-13-11-17(12-14-22)21(4)19-10-8-7-9-18(19)20(23)6-2/h6-10,16-17H,2,5,11-15H2,1,3-4H3. The van der Waals surface area contributed by atoms with Crippen LogP contribution in [0, 0.1) is 5.92 Å². The van der Waals surface area contributed by atoms with Crippen molar-refractivity contribution < 1.29 is 4.79 Å². The van der Waals surface area contributed by atoms with Crippen LogP contribution in [0.25, 0.3) is 0 Å². The van der Waals surface area contributed by atoms with Gasteiger partial charge in [0, 0.05) is 44.0 Å². The monoisotopic (exact) mass is 314 g/mol. The lowest BCUT2D eigenvalue weighted by molar-refractivity contribution is 0.104. The lowest BCUT2D eigenvalue weighted by atomic mass is 9.99. The van der Waals surface area contributed by atoms with Crippen LogP contribution >= 0.6 is 0 Å². The van der Waals surface area contributed by atoms with E-state index in [4.69, 9.17) is 0 Å². The Hall–Kier alpha value is -1.61. The number of hydrogen-bond donors (Lipinski definition) is 0. The minimum Gasteiger partial charge on any atom is -0.371 e. The molecule has 1 fully saturated rings. The van der Waals surface area contributed by atoms with Crippen LogP contribution in [0.5, 0.6) is 0 Å². The smallest absolute Gasteiger partial charge is 0.187 e. The van der Waals surface area contributed by atoms with Gasteiger partial charge in [-0.3, -0.25) is 4.79 Å². The van der Waals surface area contributed by atoms with Gasteiger partial charge in [0.25, 0.3) is 0 Å². The van der Waals surface area contributed by atoms with Crippen molar-refractivity contribution in [1.29, 1.82) is 0 Å². The first-order chi connectivity index (χ1) is 11.1. The van der Waals surface area contributed by atoms with Gasteiger partial charge in [0.2, 0.25) is 0 Å². The molecule has 0 N–H and O–H groups in total. The summed E-state index contributed by atoms with van der Waals surface area (Å²) >= 11 is 0. The number of allylic oxidation sites excluding steroid dienone is 1. The molecule has 0 aromatic heterocycles. The summed E-state index contributed by atoms with van der Waals surface area (Å²) < 4.78 is 0. The lowest BCUT2D eigenvalue weighted by Crippen LogP contribution is -2.44. The molecule has 1 atom stereocenters. The maximum atomic E-state index is 12.1. The Labute approximate surface area is 141 Å². The van der Waals surface area contributed by atoms with Crippen LogP contribution in [0.2, 0.25) is 0 Å². The largest absolute Gasteiger partial charge is 0.371 e. The van der Waals surface area contributed by atoms with Crippen LogP contribution in [-0.4, -0.2) is 43.4 Å². The van der Waals surface area contributed by atoms with E-state index in [1.807, 2.05) is 24.3 Å². The molecule has 0 saturated carbocycles. The zero-order valence-electron chi connectivity index (χ0n) is 14.8. The number of carbonyl (C=O) groups is 1. The summed E-state index contributed by atoms with van der Waals surface area (Å²) in [5, 5.41) is 0. The number of rotatable bonds is 7. The molecule has 23 heavy (non-hydrogen) atoms. The van der Waals surface area contributed by atoms with Gasteiger partial charge >= 0.3 is 0 Å². The van der Waals surface area contributed by atoms with Crippen LogP contribution in [0.4, 0.5) is 5.69 Å². The Morgan fingerprint density at radius 2 is 2.04 bits per heavy atom. The molecule has 0 bridgehead atoms. The molecule has 1 unspecified atom stereocenters. The zero-order valence-corrected chi connectivity index (χ0v) is 14.8. The maximum absolute atomic E-state index is 12.1. The van der Waals surface area contributed by atoms with E-state index >= 15 is 0 Å². The first-order valence-corrected chi connectivity index (χ1v) is 8.77. The molecule has 1 aromatic rings. The van der Waals surface area contributed by atoms with E-state index in [9.17, 15) is 4.79 Å². The second-order valence-corrected chi connectivity index (χ2v) is 6.74. The predicted molar refractivity (Wildman–Crippen MR) is 98.3 cm³/mol. The fraction of sp³-hybridized carbons (Fsp3) is 0.550. The SMILES string of the molecule is C=CC(=O)c1ccccc1N(C)C1CCN(CC(C)CC)CC1. The van der Waals surface area contributed by atoms with Gasteiger partial charge < -0.3 is 9.80 Å². The van der Waals surface area contributed by atoms with Crippen molar-refractivity contribution in [3.05, 3.63) is 42.5 Å². The Kier molecular flexibility index (Phi) is 6.40. The van der Waals surface area contributed by atoms with Gasteiger partial charge in [-0.2, -0.15) is 0 Å². The summed E-state index contributed by atoms with van der Waals surface area (Å²) in [7, 11) is 2.12. The number of carbonyl (C=O) groups excluding carboxylic acids is 1. The summed E-state index contributed by atoms with van der Waals surface area (Å²) in [5.74, 6) is 0.775. The van der Waals surface area contributed by atoms with Crippen molar-refractivity contribution >= 4 is 11.5 Å². The summed E-state index contributed by atoms with van der Waals surface area (Å²) in [6.07, 6.45) is 4.96. The average Bonchev–Trinajstić information content (AvgIpc) is 2.61. The second-order valence-electron chi connectivity index (χ2n) is 6.74. The van der Waals surface area contributed by atoms with Gasteiger partial charge in [0.15, 0.2) is 5.78 Å². The molecule has 1 heterocycles. The van der Waals surface area contributed by atoms with Crippen LogP contribution in [0.1, 0.15) is 43.5 Å². The van der Waals surface area contributed by atoms with E-state index in [0.717, 1.165) is 43.1 Å². The number of hydrogen-bond acceptors (Lipinski definition) is 3. The third-order valence-corrected chi connectivity index (χ3v) is 5.11. The molecule has 1 aliphatic heterocycles. The van der Waals surface area contributed by atoms with E-state index in [1.54, 1.807) is 0 Å². The fourth-order valence-corrected chi connectivity index (χ4v) is 3.36. The van der Waals surface area contributed by atoms with Crippen molar-refractivity contribution in [1.82, 2.24) is 4.90 Å². The molecular weight excluding hydrogens is 284 g/mol. The van der Waals surface area contributed by atoms with Gasteiger partial charge in [-0.15, -0.1) is 0 Å². The number of para-hydroxylation sites is 1. The Balaban J connectivity index is 2.01. The fourth-order valence-electron chi connectivity index (χ4n) is 3.36. The van der Waals surface area contributed by atoms with E-state index in [2.05, 4.69) is 37.3 Å². The number of nitrogens with zero attached hydrogens (tertiary/aromatic N) is 2. The van der Waals surface area contributed by atoms with Gasteiger partial charge in [-0.25, -0.2) is 0 Å². The minimum atomic E-state index is 0.00153. The highest BCUT2D eigenvalue weighted by molar-refractivity contribution is 6.08. The molecule has 0 spiro atoms. The van der Waals surface area contributed by atoms with Gasteiger partial charge in [0.05, 0.1) is 0 Å². The van der Waals surface area contributed by atoms with E-state index < -0.39 is 0 Å². The molecule has 1 aromatic carbocycles. The minimum absolute atomic E-state index is 0.00153. The first-order valence-electron chi connectivity index (χ1n) is 8.77. The first kappa shape index (κ1) is 17.7. The molecule has 3 heteroatoms. The number of benzene rings is 1. The second kappa shape index (κ2) is 8.30. The number of anilines is 1. The van der Waals surface area contributed by atoms with Gasteiger partial charge in [-0.1, -0.05) is 39.0 Å². The maximum Gasteiger partial charge on any atom is 0.187 e. The van der Waals surface area contributed by atoms with Crippen LogP contribution in [0.3, 0.4) is 0 Å². The molecule has 3 nitrogen and oxygen atoms in total. The van der Waals surface area contributed by atoms with Crippen molar-refractivity contribution in [2.75, 3.05) is 31.6 Å². The third-order valence-electron chi connectivity index (χ3n) is 5.11. The van der Waals surface area contributed by atoms with Crippen molar-refractivity contribution in [2.45, 2.75) is 39.2 Å². The highest BCUT2D eigenvalue weighted by atomic mass is 16.1. The summed E-state index contributed by atoms with van der Waals surface area (Å²) in [4.78, 5) is 16.9. The van der Waals surface area contributed by atoms with E-state index in [-0.39, 0.29) is 5.78 Å². The molecule has 2 rings (SSSR count). The van der Waals surface area contributed by atoms with Crippen LogP contribution < -0.4 is 4.90 Å². The molecule has 1 aliphatic rings. The van der Waals surface area contributed by atoms with Crippen LogP contribution in [0.15, 0.2) is 36.9 Å². The van der Waals surface area contributed by atoms with Crippen LogP contribution in [-0.2, 0) is 0 Å². The predicted octanol–water partition coefficient (Wildman–Crippen LogP) is 4.00. The normalized spacial score (nSPS) is 17.7. The summed E-state index contributed by atoms with van der Waals surface area (Å²) in [5.41, 5.74) is 1.78. The Morgan fingerprint density at radius 1 is 1.39 bits per heavy atom. The van der Waals surface area contributed by atoms with Crippen molar-refractivity contribution in [2.24, 2.45) is 5.92 Å². The third kappa shape index (κ3) is 4.44. The average molecular weight is 314 g/mol. The molecule has 1 saturated heterocycles. The van der Waals surface area contributed by atoms with Crippen molar-refractivity contribution in [3.8, 4) is 0 Å². The molecule has 126 valence electrons. The Morgan fingerprint density at radius 3 is 2.65 bits per heavy atom. The number of likely N-dealkylation sites (tertiary alicyclic amines) is 1. The van der Waals surface area contributed by atoms with E-state index in [1.165, 1.54) is 19.0 Å². The Bertz CT molecular complexity index is 532. The number of piperidine rings is 1. The zero-order chi connectivity index (χ0) is 16.8. The van der Waals surface area contributed by atoms with Crippen molar-refractivity contribution in [3.63, 3.8) is 0 Å². The summed E-state index contributed by atoms with van der Waals surface area (Å²) in [6.45, 7) is 11.7. The molecular formula is C20H30N2O. The number of ketones is 1. The quantitative estimate of drug-likeness (QED) is 0.561.